The Hall–Kier alpha value is -1.28. The fourth-order valence-electron chi connectivity index (χ4n) is 1.83. The van der Waals surface area contributed by atoms with Gasteiger partial charge in [0.25, 0.3) is 5.95 Å². The Bertz CT molecular complexity index is 444. The average molecular weight is 257 g/mol. The van der Waals surface area contributed by atoms with E-state index < -0.39 is 10.0 Å². The van der Waals surface area contributed by atoms with E-state index in [1.165, 1.54) is 12.4 Å². The molecular weight excluding hydrogens is 242 g/mol. The molecule has 0 atom stereocenters. The predicted molar refractivity (Wildman–Crippen MR) is 62.8 cm³/mol. The fraction of sp³-hybridized carbons (Fsp3) is 0.667. The molecule has 1 fully saturated rings. The summed E-state index contributed by atoms with van der Waals surface area (Å²) >= 11 is 0. The van der Waals surface area contributed by atoms with Crippen molar-refractivity contribution < 1.29 is 8.42 Å². The quantitative estimate of drug-likeness (QED) is 0.762. The number of sulfonamides is 1. The van der Waals surface area contributed by atoms with Crippen LogP contribution in [0.3, 0.4) is 0 Å². The number of anilines is 1. The maximum absolute atomic E-state index is 11.8. The number of piperidine rings is 1. The first-order valence-electron chi connectivity index (χ1n) is 5.50. The largest absolute Gasteiger partial charge is 0.317 e. The van der Waals surface area contributed by atoms with E-state index in [1.807, 2.05) is 0 Å². The van der Waals surface area contributed by atoms with Crippen molar-refractivity contribution >= 4 is 16.0 Å². The second-order valence-corrected chi connectivity index (χ2v) is 5.81. The minimum absolute atomic E-state index is 0.0291. The molecule has 1 aliphatic rings. The minimum Gasteiger partial charge on any atom is -0.317 e. The Balaban J connectivity index is 1.94. The molecule has 0 radical (unpaired) electrons. The summed E-state index contributed by atoms with van der Waals surface area (Å²) in [5, 5.41) is 10.4. The monoisotopic (exact) mass is 257 g/mol. The summed E-state index contributed by atoms with van der Waals surface area (Å²) < 4.78 is 26.0. The van der Waals surface area contributed by atoms with E-state index in [2.05, 4.69) is 25.2 Å². The van der Waals surface area contributed by atoms with Crippen LogP contribution in [0.1, 0.15) is 12.8 Å². The molecule has 7 nitrogen and oxygen atoms in total. The van der Waals surface area contributed by atoms with Gasteiger partial charge in [-0.05, 0) is 31.8 Å². The van der Waals surface area contributed by atoms with Crippen LogP contribution in [0.4, 0.5) is 5.95 Å². The van der Waals surface area contributed by atoms with Crippen LogP contribution in [0.5, 0.6) is 0 Å². The number of nitrogens with one attached hydrogen (secondary N) is 2. The van der Waals surface area contributed by atoms with Gasteiger partial charge in [0.15, 0.2) is 0 Å². The van der Waals surface area contributed by atoms with Gasteiger partial charge in [0.2, 0.25) is 10.0 Å². The smallest absolute Gasteiger partial charge is 0.256 e. The SMILES string of the molecule is O=S(=O)(CC1CCNCC1)Nc1nccnn1. The third-order valence-corrected chi connectivity index (χ3v) is 4.05. The van der Waals surface area contributed by atoms with Crippen molar-refractivity contribution in [1.82, 2.24) is 20.5 Å². The topological polar surface area (TPSA) is 96.9 Å². The number of nitrogens with zero attached hydrogens (tertiary/aromatic N) is 3. The minimum atomic E-state index is -3.38. The summed E-state index contributed by atoms with van der Waals surface area (Å²) in [6.45, 7) is 1.76. The number of hydrogen-bond donors (Lipinski definition) is 2. The normalized spacial score (nSPS) is 17.9. The van der Waals surface area contributed by atoms with Crippen LogP contribution in [0.25, 0.3) is 0 Å². The molecule has 2 N–H and O–H groups in total. The maximum Gasteiger partial charge on any atom is 0.256 e. The first-order chi connectivity index (χ1) is 8.16. The van der Waals surface area contributed by atoms with E-state index in [-0.39, 0.29) is 17.6 Å². The van der Waals surface area contributed by atoms with Crippen molar-refractivity contribution in [3.05, 3.63) is 12.4 Å². The Morgan fingerprint density at radius 3 is 2.76 bits per heavy atom. The summed E-state index contributed by atoms with van der Waals surface area (Å²) in [5.41, 5.74) is 0. The molecule has 2 rings (SSSR count). The fourth-order valence-corrected chi connectivity index (χ4v) is 3.24. The lowest BCUT2D eigenvalue weighted by molar-refractivity contribution is 0.402. The Morgan fingerprint density at radius 1 is 1.35 bits per heavy atom. The lowest BCUT2D eigenvalue weighted by Crippen LogP contribution is -2.33. The van der Waals surface area contributed by atoms with Gasteiger partial charge in [0.1, 0.15) is 0 Å². The van der Waals surface area contributed by atoms with Gasteiger partial charge >= 0.3 is 0 Å². The molecule has 17 heavy (non-hydrogen) atoms. The van der Waals surface area contributed by atoms with Crippen molar-refractivity contribution in [2.24, 2.45) is 5.92 Å². The molecule has 0 amide bonds. The van der Waals surface area contributed by atoms with Gasteiger partial charge in [-0.15, -0.1) is 5.10 Å². The molecule has 0 saturated carbocycles. The maximum atomic E-state index is 11.8. The molecule has 0 aromatic carbocycles. The van der Waals surface area contributed by atoms with E-state index in [0.717, 1.165) is 25.9 Å². The second kappa shape index (κ2) is 5.37. The lowest BCUT2D eigenvalue weighted by Gasteiger charge is -2.22. The highest BCUT2D eigenvalue weighted by molar-refractivity contribution is 7.92. The summed E-state index contributed by atoms with van der Waals surface area (Å²) in [7, 11) is -3.38. The molecule has 0 unspecified atom stereocenters. The zero-order valence-electron chi connectivity index (χ0n) is 9.33. The van der Waals surface area contributed by atoms with E-state index in [0.29, 0.717) is 0 Å². The third-order valence-electron chi connectivity index (χ3n) is 2.64. The molecule has 1 saturated heterocycles. The summed E-state index contributed by atoms with van der Waals surface area (Å²) in [6.07, 6.45) is 4.56. The molecule has 2 heterocycles. The first-order valence-corrected chi connectivity index (χ1v) is 7.16. The molecule has 94 valence electrons. The van der Waals surface area contributed by atoms with Gasteiger partial charge in [0.05, 0.1) is 18.1 Å². The van der Waals surface area contributed by atoms with Crippen LogP contribution in [-0.2, 0) is 10.0 Å². The van der Waals surface area contributed by atoms with Gasteiger partial charge in [-0.2, -0.15) is 5.10 Å². The van der Waals surface area contributed by atoms with Crippen molar-refractivity contribution in [3.8, 4) is 0 Å². The standard InChI is InChI=1S/C9H15N5O2S/c15-17(16,7-8-1-3-10-4-2-8)14-9-11-5-6-12-13-9/h5-6,8,10H,1-4,7H2,(H,11,13,14). The van der Waals surface area contributed by atoms with Crippen LogP contribution >= 0.6 is 0 Å². The highest BCUT2D eigenvalue weighted by Gasteiger charge is 2.21. The van der Waals surface area contributed by atoms with Crippen LogP contribution < -0.4 is 10.0 Å². The van der Waals surface area contributed by atoms with Crippen LogP contribution in [0.15, 0.2) is 12.4 Å². The van der Waals surface area contributed by atoms with Crippen LogP contribution in [0.2, 0.25) is 0 Å². The second-order valence-electron chi connectivity index (χ2n) is 4.04. The highest BCUT2D eigenvalue weighted by Crippen LogP contribution is 2.14. The molecule has 0 spiro atoms. The van der Waals surface area contributed by atoms with Crippen LogP contribution in [0, 0.1) is 5.92 Å². The van der Waals surface area contributed by atoms with Gasteiger partial charge in [0, 0.05) is 0 Å². The molecule has 1 aliphatic heterocycles. The van der Waals surface area contributed by atoms with E-state index in [9.17, 15) is 8.42 Å². The molecule has 0 aliphatic carbocycles. The van der Waals surface area contributed by atoms with Gasteiger partial charge in [-0.25, -0.2) is 18.1 Å². The number of rotatable bonds is 4. The number of hydrogen-bond acceptors (Lipinski definition) is 6. The predicted octanol–water partition coefficient (Wildman–Crippen LogP) is -0.387. The Kier molecular flexibility index (Phi) is 3.85. The van der Waals surface area contributed by atoms with Crippen molar-refractivity contribution in [3.63, 3.8) is 0 Å². The lowest BCUT2D eigenvalue weighted by atomic mass is 10.0. The zero-order valence-corrected chi connectivity index (χ0v) is 10.2. The summed E-state index contributed by atoms with van der Waals surface area (Å²) in [5.74, 6) is 0.347. The molecule has 8 heteroatoms. The molecule has 1 aromatic heterocycles. The van der Waals surface area contributed by atoms with Gasteiger partial charge in [-0.1, -0.05) is 0 Å². The van der Waals surface area contributed by atoms with Crippen LogP contribution in [-0.4, -0.2) is 42.4 Å². The van der Waals surface area contributed by atoms with Crippen molar-refractivity contribution in [1.29, 1.82) is 0 Å². The van der Waals surface area contributed by atoms with E-state index >= 15 is 0 Å². The Morgan fingerprint density at radius 2 is 2.12 bits per heavy atom. The molecular formula is C9H15N5O2S. The third kappa shape index (κ3) is 3.90. The summed E-state index contributed by atoms with van der Waals surface area (Å²) in [6, 6.07) is 0. The first kappa shape index (κ1) is 12.2. The zero-order chi connectivity index (χ0) is 12.1. The number of aromatic nitrogens is 3. The Labute approximate surface area is 100 Å². The van der Waals surface area contributed by atoms with Gasteiger partial charge in [-0.3, -0.25) is 0 Å². The molecule has 0 bridgehead atoms. The van der Waals surface area contributed by atoms with E-state index in [4.69, 9.17) is 0 Å². The summed E-state index contributed by atoms with van der Waals surface area (Å²) in [4.78, 5) is 3.78. The van der Waals surface area contributed by atoms with E-state index in [1.54, 1.807) is 0 Å². The molecule has 1 aromatic rings. The van der Waals surface area contributed by atoms with Gasteiger partial charge < -0.3 is 5.32 Å². The van der Waals surface area contributed by atoms with Crippen molar-refractivity contribution in [2.45, 2.75) is 12.8 Å². The van der Waals surface area contributed by atoms with Crippen molar-refractivity contribution in [2.75, 3.05) is 23.6 Å². The average Bonchev–Trinajstić information content (AvgIpc) is 2.30. The highest BCUT2D eigenvalue weighted by atomic mass is 32.2.